The zero-order chi connectivity index (χ0) is 16.9. The van der Waals surface area contributed by atoms with E-state index < -0.39 is 0 Å². The highest BCUT2D eigenvalue weighted by Gasteiger charge is 2.22. The normalized spacial score (nSPS) is 15.1. The molecule has 1 aliphatic heterocycles. The maximum absolute atomic E-state index is 11.6. The van der Waals surface area contributed by atoms with Crippen LogP contribution >= 0.6 is 0 Å². The van der Waals surface area contributed by atoms with Crippen molar-refractivity contribution in [2.75, 3.05) is 13.1 Å². The second kappa shape index (κ2) is 7.21. The second-order valence-electron chi connectivity index (χ2n) is 5.93. The molecule has 1 fully saturated rings. The van der Waals surface area contributed by atoms with Crippen molar-refractivity contribution in [3.8, 4) is 22.6 Å². The molecule has 0 radical (unpaired) electrons. The summed E-state index contributed by atoms with van der Waals surface area (Å²) in [5.41, 5.74) is 1.95. The minimum Gasteiger partial charge on any atom is -0.508 e. The number of nitrogens with zero attached hydrogens (tertiary/aromatic N) is 1. The maximum Gasteiger partial charge on any atom is 0.245 e. The van der Waals surface area contributed by atoms with Gasteiger partial charge in [-0.05, 0) is 29.3 Å². The van der Waals surface area contributed by atoms with Crippen LogP contribution < -0.4 is 4.74 Å². The lowest BCUT2D eigenvalue weighted by molar-refractivity contribution is -0.127. The van der Waals surface area contributed by atoms with Crippen molar-refractivity contribution in [2.45, 2.75) is 18.9 Å². The van der Waals surface area contributed by atoms with Crippen LogP contribution in [0.3, 0.4) is 0 Å². The fourth-order valence-electron chi connectivity index (χ4n) is 2.96. The van der Waals surface area contributed by atoms with Gasteiger partial charge in [-0.3, -0.25) is 4.79 Å². The number of hydrogen-bond donors (Lipinski definition) is 1. The number of carbonyl (C=O) groups is 1. The van der Waals surface area contributed by atoms with Crippen LogP contribution in [0.1, 0.15) is 12.8 Å². The van der Waals surface area contributed by atoms with Crippen LogP contribution in [0.5, 0.6) is 11.5 Å². The lowest BCUT2D eigenvalue weighted by Gasteiger charge is -2.31. The molecule has 0 atom stereocenters. The Morgan fingerprint density at radius 1 is 1.12 bits per heavy atom. The molecule has 1 heterocycles. The van der Waals surface area contributed by atoms with Crippen molar-refractivity contribution in [3.05, 3.63) is 61.2 Å². The van der Waals surface area contributed by atoms with E-state index in [1.165, 1.54) is 6.08 Å². The highest BCUT2D eigenvalue weighted by Crippen LogP contribution is 2.30. The predicted molar refractivity (Wildman–Crippen MR) is 94.0 cm³/mol. The van der Waals surface area contributed by atoms with Crippen LogP contribution in [0.25, 0.3) is 11.1 Å². The number of phenolic OH excluding ortho intramolecular Hbond substituents is 1. The largest absolute Gasteiger partial charge is 0.508 e. The van der Waals surface area contributed by atoms with E-state index >= 15 is 0 Å². The molecule has 24 heavy (non-hydrogen) atoms. The van der Waals surface area contributed by atoms with Crippen LogP contribution in [0, 0.1) is 0 Å². The zero-order valence-electron chi connectivity index (χ0n) is 13.5. The van der Waals surface area contributed by atoms with Gasteiger partial charge in [0.2, 0.25) is 5.91 Å². The van der Waals surface area contributed by atoms with Gasteiger partial charge in [0, 0.05) is 32.0 Å². The molecule has 1 aliphatic rings. The third-order valence-corrected chi connectivity index (χ3v) is 4.23. The van der Waals surface area contributed by atoms with Crippen LogP contribution in [0.2, 0.25) is 0 Å². The van der Waals surface area contributed by atoms with Gasteiger partial charge in [0.05, 0.1) is 0 Å². The Kier molecular flexibility index (Phi) is 4.85. The molecule has 0 unspecified atom stereocenters. The zero-order valence-corrected chi connectivity index (χ0v) is 13.5. The van der Waals surface area contributed by atoms with E-state index in [-0.39, 0.29) is 17.8 Å². The van der Waals surface area contributed by atoms with Gasteiger partial charge in [0.25, 0.3) is 0 Å². The highest BCUT2D eigenvalue weighted by molar-refractivity contribution is 5.87. The Bertz CT molecular complexity index is 719. The lowest BCUT2D eigenvalue weighted by atomic mass is 10.0. The summed E-state index contributed by atoms with van der Waals surface area (Å²) in [4.78, 5) is 13.4. The van der Waals surface area contributed by atoms with Crippen molar-refractivity contribution in [1.29, 1.82) is 0 Å². The van der Waals surface area contributed by atoms with E-state index in [0.29, 0.717) is 18.8 Å². The van der Waals surface area contributed by atoms with Crippen molar-refractivity contribution >= 4 is 5.91 Å². The van der Waals surface area contributed by atoms with E-state index in [0.717, 1.165) is 24.0 Å². The number of piperidine rings is 1. The summed E-state index contributed by atoms with van der Waals surface area (Å²) >= 11 is 0. The molecule has 0 saturated carbocycles. The van der Waals surface area contributed by atoms with Crippen molar-refractivity contribution in [1.82, 2.24) is 4.90 Å². The van der Waals surface area contributed by atoms with E-state index in [9.17, 15) is 9.90 Å². The number of rotatable bonds is 4. The van der Waals surface area contributed by atoms with Crippen molar-refractivity contribution in [3.63, 3.8) is 0 Å². The number of carbonyl (C=O) groups excluding carboxylic acids is 1. The van der Waals surface area contributed by atoms with Crippen LogP contribution in [0.15, 0.2) is 61.2 Å². The molecule has 1 N–H and O–H groups in total. The Hall–Kier alpha value is -2.75. The van der Waals surface area contributed by atoms with Crippen LogP contribution in [0.4, 0.5) is 0 Å². The van der Waals surface area contributed by atoms with Crippen molar-refractivity contribution in [2.24, 2.45) is 0 Å². The Labute approximate surface area is 142 Å². The number of hydrogen-bond acceptors (Lipinski definition) is 3. The van der Waals surface area contributed by atoms with Crippen molar-refractivity contribution < 1.29 is 14.6 Å². The number of amides is 1. The summed E-state index contributed by atoms with van der Waals surface area (Å²) in [6, 6.07) is 15.2. The first-order chi connectivity index (χ1) is 11.7. The Balaban J connectivity index is 1.69. The fourth-order valence-corrected chi connectivity index (χ4v) is 2.96. The summed E-state index contributed by atoms with van der Waals surface area (Å²) in [7, 11) is 0. The molecule has 3 rings (SSSR count). The first kappa shape index (κ1) is 16.1. The van der Waals surface area contributed by atoms with E-state index in [2.05, 4.69) is 6.58 Å². The minimum atomic E-state index is -0.0304. The van der Waals surface area contributed by atoms with E-state index in [1.54, 1.807) is 17.0 Å². The van der Waals surface area contributed by atoms with E-state index in [4.69, 9.17) is 4.74 Å². The number of likely N-dealkylation sites (tertiary alicyclic amines) is 1. The lowest BCUT2D eigenvalue weighted by Crippen LogP contribution is -2.41. The Morgan fingerprint density at radius 3 is 2.50 bits per heavy atom. The summed E-state index contributed by atoms with van der Waals surface area (Å²) in [6.45, 7) is 4.85. The van der Waals surface area contributed by atoms with Gasteiger partial charge in [-0.1, -0.05) is 36.9 Å². The molecule has 0 aliphatic carbocycles. The SMILES string of the molecule is C=CC(=O)N1CCC(Oc2cc(O)cc(-c3ccccc3)c2)CC1. The molecule has 4 nitrogen and oxygen atoms in total. The summed E-state index contributed by atoms with van der Waals surface area (Å²) in [6.07, 6.45) is 2.94. The van der Waals surface area contributed by atoms with E-state index in [1.807, 2.05) is 36.4 Å². The second-order valence-corrected chi connectivity index (χ2v) is 5.93. The molecule has 124 valence electrons. The first-order valence-corrected chi connectivity index (χ1v) is 8.13. The molecule has 0 aromatic heterocycles. The predicted octanol–water partition coefficient (Wildman–Crippen LogP) is 3.62. The van der Waals surface area contributed by atoms with Gasteiger partial charge in [-0.25, -0.2) is 0 Å². The molecule has 1 saturated heterocycles. The summed E-state index contributed by atoms with van der Waals surface area (Å²) in [5.74, 6) is 0.810. The quantitative estimate of drug-likeness (QED) is 0.874. The molecular weight excluding hydrogens is 302 g/mol. The molecule has 0 bridgehead atoms. The molecule has 2 aromatic rings. The number of phenols is 1. The topological polar surface area (TPSA) is 49.8 Å². The molecule has 2 aromatic carbocycles. The number of ether oxygens (including phenoxy) is 1. The van der Waals surface area contributed by atoms with Crippen LogP contribution in [-0.4, -0.2) is 35.1 Å². The Morgan fingerprint density at radius 2 is 1.83 bits per heavy atom. The summed E-state index contributed by atoms with van der Waals surface area (Å²) in [5, 5.41) is 9.99. The first-order valence-electron chi connectivity index (χ1n) is 8.13. The van der Waals surface area contributed by atoms with Gasteiger partial charge < -0.3 is 14.7 Å². The van der Waals surface area contributed by atoms with Gasteiger partial charge in [-0.15, -0.1) is 0 Å². The highest BCUT2D eigenvalue weighted by atomic mass is 16.5. The third-order valence-electron chi connectivity index (χ3n) is 4.23. The molecule has 4 heteroatoms. The summed E-state index contributed by atoms with van der Waals surface area (Å²) < 4.78 is 6.04. The standard InChI is InChI=1S/C20H21NO3/c1-2-20(23)21-10-8-18(9-11-21)24-19-13-16(12-17(22)14-19)15-6-4-3-5-7-15/h2-7,12-14,18,22H,1,8-11H2. The monoisotopic (exact) mass is 323 g/mol. The van der Waals surface area contributed by atoms with Gasteiger partial charge in [-0.2, -0.15) is 0 Å². The third kappa shape index (κ3) is 3.77. The maximum atomic E-state index is 11.6. The number of aromatic hydroxyl groups is 1. The molecule has 0 spiro atoms. The van der Waals surface area contributed by atoms with Gasteiger partial charge >= 0.3 is 0 Å². The number of benzene rings is 2. The fraction of sp³-hybridized carbons (Fsp3) is 0.250. The van der Waals surface area contributed by atoms with Crippen LogP contribution in [-0.2, 0) is 4.79 Å². The molecular formula is C20H21NO3. The van der Waals surface area contributed by atoms with Gasteiger partial charge in [0.1, 0.15) is 17.6 Å². The smallest absolute Gasteiger partial charge is 0.245 e. The molecule has 1 amide bonds. The van der Waals surface area contributed by atoms with Gasteiger partial charge in [0.15, 0.2) is 0 Å². The minimum absolute atomic E-state index is 0.0304. The average molecular weight is 323 g/mol. The average Bonchev–Trinajstić information content (AvgIpc) is 2.62.